The average Bonchev–Trinajstić information content (AvgIpc) is 2.77. The third kappa shape index (κ3) is 4.34. The molecule has 1 heterocycles. The minimum Gasteiger partial charge on any atom is -0.488 e. The molecule has 1 aliphatic heterocycles. The van der Waals surface area contributed by atoms with Crippen molar-refractivity contribution in [3.05, 3.63) is 101 Å². The summed E-state index contributed by atoms with van der Waals surface area (Å²) >= 11 is 6.19. The Balaban J connectivity index is 1.64. The van der Waals surface area contributed by atoms with Crippen LogP contribution in [0.5, 0.6) is 5.75 Å². The lowest BCUT2D eigenvalue weighted by molar-refractivity contribution is -0.122. The first kappa shape index (κ1) is 20.4. The second-order valence-electron chi connectivity index (χ2n) is 6.71. The van der Waals surface area contributed by atoms with E-state index in [0.29, 0.717) is 22.0 Å². The number of carbonyl (C=O) groups is 3. The van der Waals surface area contributed by atoms with Crippen molar-refractivity contribution in [1.29, 1.82) is 0 Å². The molecule has 1 aliphatic rings. The van der Waals surface area contributed by atoms with E-state index < -0.39 is 17.8 Å². The van der Waals surface area contributed by atoms with Crippen LogP contribution in [0.2, 0.25) is 5.02 Å². The van der Waals surface area contributed by atoms with Crippen LogP contribution in [-0.2, 0) is 16.2 Å². The molecular weight excluding hydrogens is 416 g/mol. The molecule has 4 rings (SSSR count). The van der Waals surface area contributed by atoms with E-state index in [1.807, 2.05) is 18.2 Å². The summed E-state index contributed by atoms with van der Waals surface area (Å²) in [4.78, 5) is 38.6. The van der Waals surface area contributed by atoms with Crippen molar-refractivity contribution in [2.24, 2.45) is 0 Å². The van der Waals surface area contributed by atoms with Gasteiger partial charge in [0.05, 0.1) is 5.69 Å². The molecule has 4 amide bonds. The highest BCUT2D eigenvalue weighted by atomic mass is 35.5. The Morgan fingerprint density at radius 2 is 1.55 bits per heavy atom. The fraction of sp³-hybridized carbons (Fsp3) is 0.0417. The third-order valence-electron chi connectivity index (χ3n) is 4.68. The molecule has 6 nitrogen and oxygen atoms in total. The fourth-order valence-corrected chi connectivity index (χ4v) is 3.32. The Morgan fingerprint density at radius 1 is 0.871 bits per heavy atom. The lowest BCUT2D eigenvalue weighted by Gasteiger charge is -2.26. The smallest absolute Gasteiger partial charge is 0.335 e. The molecule has 0 unspecified atom stereocenters. The number of nitrogens with zero attached hydrogens (tertiary/aromatic N) is 1. The van der Waals surface area contributed by atoms with Gasteiger partial charge in [0.2, 0.25) is 0 Å². The zero-order valence-corrected chi connectivity index (χ0v) is 17.0. The molecule has 0 atom stereocenters. The van der Waals surface area contributed by atoms with Crippen molar-refractivity contribution in [2.45, 2.75) is 6.61 Å². The summed E-state index contributed by atoms with van der Waals surface area (Å²) in [5.41, 5.74) is 1.53. The standard InChI is InChI=1S/C24H17ClN2O4/c25-20-12-6-4-9-17(20)15-31-21-13-7-5-8-16(21)14-19-22(28)26-24(30)27(23(19)29)18-10-2-1-3-11-18/h1-14H,15H2,(H,26,28,30)/b19-14+. The fourth-order valence-electron chi connectivity index (χ4n) is 3.13. The van der Waals surface area contributed by atoms with Crippen LogP contribution in [0.3, 0.4) is 0 Å². The molecule has 0 aliphatic carbocycles. The molecule has 0 saturated carbocycles. The molecule has 1 N–H and O–H groups in total. The number of hydrogen-bond acceptors (Lipinski definition) is 4. The van der Waals surface area contributed by atoms with Gasteiger partial charge in [0.25, 0.3) is 11.8 Å². The molecule has 0 spiro atoms. The maximum absolute atomic E-state index is 13.0. The van der Waals surface area contributed by atoms with Crippen molar-refractivity contribution in [1.82, 2.24) is 5.32 Å². The van der Waals surface area contributed by atoms with Gasteiger partial charge in [-0.25, -0.2) is 9.69 Å². The zero-order valence-electron chi connectivity index (χ0n) is 16.2. The van der Waals surface area contributed by atoms with E-state index in [2.05, 4.69) is 5.32 Å². The largest absolute Gasteiger partial charge is 0.488 e. The second-order valence-corrected chi connectivity index (χ2v) is 7.12. The molecule has 1 fully saturated rings. The molecular formula is C24H17ClN2O4. The maximum atomic E-state index is 13.0. The Kier molecular flexibility index (Phi) is 5.82. The van der Waals surface area contributed by atoms with Gasteiger partial charge in [0.15, 0.2) is 0 Å². The molecule has 154 valence electrons. The number of barbiturate groups is 1. The zero-order chi connectivity index (χ0) is 21.8. The Labute approximate surface area is 183 Å². The number of benzene rings is 3. The number of amides is 4. The van der Waals surface area contributed by atoms with Crippen LogP contribution >= 0.6 is 11.6 Å². The van der Waals surface area contributed by atoms with Crippen molar-refractivity contribution in [3.8, 4) is 5.75 Å². The summed E-state index contributed by atoms with van der Waals surface area (Å²) in [5.74, 6) is -0.998. The van der Waals surface area contributed by atoms with Crippen LogP contribution in [0.4, 0.5) is 10.5 Å². The van der Waals surface area contributed by atoms with Gasteiger partial charge in [0, 0.05) is 16.1 Å². The number of para-hydroxylation sites is 2. The number of ether oxygens (including phenoxy) is 1. The summed E-state index contributed by atoms with van der Waals surface area (Å²) in [6.07, 6.45) is 1.42. The average molecular weight is 433 g/mol. The number of carbonyl (C=O) groups excluding carboxylic acids is 3. The van der Waals surface area contributed by atoms with Crippen molar-refractivity contribution in [2.75, 3.05) is 4.90 Å². The van der Waals surface area contributed by atoms with Gasteiger partial charge in [-0.2, -0.15) is 0 Å². The monoisotopic (exact) mass is 432 g/mol. The third-order valence-corrected chi connectivity index (χ3v) is 5.04. The van der Waals surface area contributed by atoms with Crippen LogP contribution in [0.25, 0.3) is 6.08 Å². The van der Waals surface area contributed by atoms with E-state index in [4.69, 9.17) is 16.3 Å². The summed E-state index contributed by atoms with van der Waals surface area (Å²) in [5, 5.41) is 2.79. The molecule has 0 bridgehead atoms. The van der Waals surface area contributed by atoms with Gasteiger partial charge < -0.3 is 4.74 Å². The minimum atomic E-state index is -0.790. The van der Waals surface area contributed by atoms with Crippen LogP contribution in [0, 0.1) is 0 Å². The first-order chi connectivity index (χ1) is 15.0. The van der Waals surface area contributed by atoms with Gasteiger partial charge in [-0.1, -0.05) is 66.2 Å². The first-order valence-corrected chi connectivity index (χ1v) is 9.84. The summed E-state index contributed by atoms with van der Waals surface area (Å²) < 4.78 is 5.90. The summed E-state index contributed by atoms with van der Waals surface area (Å²) in [6.45, 7) is 0.217. The van der Waals surface area contributed by atoms with Gasteiger partial charge in [0.1, 0.15) is 17.9 Å². The molecule has 3 aromatic rings. The Bertz CT molecular complexity index is 1190. The summed E-state index contributed by atoms with van der Waals surface area (Å²) in [7, 11) is 0. The number of anilines is 1. The van der Waals surface area contributed by atoms with Crippen LogP contribution in [0.15, 0.2) is 84.4 Å². The van der Waals surface area contributed by atoms with Gasteiger partial charge in [-0.15, -0.1) is 0 Å². The normalized spacial score (nSPS) is 15.2. The van der Waals surface area contributed by atoms with Gasteiger partial charge >= 0.3 is 6.03 Å². The van der Waals surface area contributed by atoms with E-state index >= 15 is 0 Å². The van der Waals surface area contributed by atoms with Crippen molar-refractivity contribution in [3.63, 3.8) is 0 Å². The summed E-state index contributed by atoms with van der Waals surface area (Å²) in [6, 6.07) is 21.9. The van der Waals surface area contributed by atoms with Gasteiger partial charge in [-0.05, 0) is 30.3 Å². The van der Waals surface area contributed by atoms with Crippen LogP contribution in [0.1, 0.15) is 11.1 Å². The topological polar surface area (TPSA) is 75.7 Å². The van der Waals surface area contributed by atoms with Crippen molar-refractivity contribution >= 4 is 41.2 Å². The number of halogens is 1. The minimum absolute atomic E-state index is 0.169. The lowest BCUT2D eigenvalue weighted by atomic mass is 10.1. The molecule has 3 aromatic carbocycles. The van der Waals surface area contributed by atoms with E-state index in [1.54, 1.807) is 60.7 Å². The van der Waals surface area contributed by atoms with Crippen LogP contribution < -0.4 is 15.0 Å². The molecule has 0 aromatic heterocycles. The number of hydrogen-bond donors (Lipinski definition) is 1. The second kappa shape index (κ2) is 8.85. The van der Waals surface area contributed by atoms with E-state index in [0.717, 1.165) is 10.5 Å². The van der Waals surface area contributed by atoms with E-state index in [9.17, 15) is 14.4 Å². The highest BCUT2D eigenvalue weighted by Crippen LogP contribution is 2.26. The predicted molar refractivity (Wildman–Crippen MR) is 118 cm³/mol. The Hall–Kier alpha value is -3.90. The number of urea groups is 1. The van der Waals surface area contributed by atoms with E-state index in [-0.39, 0.29) is 12.2 Å². The number of nitrogens with one attached hydrogen (secondary N) is 1. The lowest BCUT2D eigenvalue weighted by Crippen LogP contribution is -2.54. The van der Waals surface area contributed by atoms with Crippen molar-refractivity contribution < 1.29 is 19.1 Å². The van der Waals surface area contributed by atoms with Crippen LogP contribution in [-0.4, -0.2) is 17.8 Å². The number of imide groups is 2. The SMILES string of the molecule is O=C1NC(=O)N(c2ccccc2)C(=O)/C1=C/c1ccccc1OCc1ccccc1Cl. The van der Waals surface area contributed by atoms with E-state index in [1.165, 1.54) is 6.08 Å². The molecule has 0 radical (unpaired) electrons. The first-order valence-electron chi connectivity index (χ1n) is 9.46. The predicted octanol–water partition coefficient (Wildman–Crippen LogP) is 4.59. The number of rotatable bonds is 5. The highest BCUT2D eigenvalue weighted by molar-refractivity contribution is 6.39. The maximum Gasteiger partial charge on any atom is 0.335 e. The van der Waals surface area contributed by atoms with Gasteiger partial charge in [-0.3, -0.25) is 14.9 Å². The Morgan fingerprint density at radius 3 is 2.32 bits per heavy atom. The quantitative estimate of drug-likeness (QED) is 0.472. The highest BCUT2D eigenvalue weighted by Gasteiger charge is 2.36. The molecule has 7 heteroatoms. The molecule has 1 saturated heterocycles. The molecule has 31 heavy (non-hydrogen) atoms.